The number of thioether (sulfide) groups is 1. The van der Waals surface area contributed by atoms with Crippen LogP contribution in [0.4, 0.5) is 13.2 Å². The van der Waals surface area contributed by atoms with Crippen molar-refractivity contribution < 1.29 is 18.0 Å². The molecule has 0 bridgehead atoms. The molecule has 1 aromatic carbocycles. The molecule has 0 aliphatic carbocycles. The van der Waals surface area contributed by atoms with E-state index in [-0.39, 0.29) is 33.0 Å². The molecule has 0 amide bonds. The third-order valence-corrected chi connectivity index (χ3v) is 3.26. The lowest BCUT2D eigenvalue weighted by Gasteiger charge is -2.09. The fourth-order valence-corrected chi connectivity index (χ4v) is 2.14. The van der Waals surface area contributed by atoms with E-state index in [1.807, 2.05) is 0 Å². The van der Waals surface area contributed by atoms with E-state index in [1.165, 1.54) is 12.1 Å². The third-order valence-electron chi connectivity index (χ3n) is 1.80. The molecule has 1 rings (SSSR count). The molecule has 17 heavy (non-hydrogen) atoms. The Balaban J connectivity index is 3.07. The quantitative estimate of drug-likeness (QED) is 0.439. The van der Waals surface area contributed by atoms with Crippen molar-refractivity contribution >= 4 is 45.1 Å². The molecule has 0 aliphatic heterocycles. The van der Waals surface area contributed by atoms with Gasteiger partial charge >= 0.3 is 5.51 Å². The number of rotatable bonds is 3. The number of hydrogen-bond donors (Lipinski definition) is 0. The summed E-state index contributed by atoms with van der Waals surface area (Å²) in [5.74, 6) is -0.348. The topological polar surface area (TPSA) is 17.1 Å². The van der Waals surface area contributed by atoms with Crippen molar-refractivity contribution in [2.75, 3.05) is 0 Å². The maximum Gasteiger partial charge on any atom is 0.446 e. The van der Waals surface area contributed by atoms with Gasteiger partial charge in [0.25, 0.3) is 0 Å². The summed E-state index contributed by atoms with van der Waals surface area (Å²) in [5, 5.41) is 0.146. The number of ketones is 1. The van der Waals surface area contributed by atoms with Crippen LogP contribution in [0.3, 0.4) is 0 Å². The number of carbonyl (C=O) groups is 1. The molecule has 0 saturated carbocycles. The van der Waals surface area contributed by atoms with Gasteiger partial charge in [-0.3, -0.25) is 4.79 Å². The molecule has 0 aliphatic rings. The van der Waals surface area contributed by atoms with E-state index in [2.05, 4.69) is 15.9 Å². The van der Waals surface area contributed by atoms with Crippen LogP contribution < -0.4 is 0 Å². The van der Waals surface area contributed by atoms with Crippen LogP contribution in [0.25, 0.3) is 0 Å². The predicted octanol–water partition coefficient (Wildman–Crippen LogP) is 4.92. The van der Waals surface area contributed by atoms with Gasteiger partial charge in [0.05, 0.1) is 9.85 Å². The van der Waals surface area contributed by atoms with Gasteiger partial charge in [0.2, 0.25) is 0 Å². The van der Waals surface area contributed by atoms with Crippen LogP contribution in [-0.2, 0) is 0 Å². The van der Waals surface area contributed by atoms with Gasteiger partial charge < -0.3 is 0 Å². The molecule has 1 atom stereocenters. The van der Waals surface area contributed by atoms with E-state index in [0.29, 0.717) is 0 Å². The molecule has 0 heterocycles. The summed E-state index contributed by atoms with van der Waals surface area (Å²) >= 11 is 8.56. The number of halogens is 5. The van der Waals surface area contributed by atoms with Crippen molar-refractivity contribution in [3.8, 4) is 0 Å². The van der Waals surface area contributed by atoms with Crippen molar-refractivity contribution in [2.45, 2.75) is 22.2 Å². The van der Waals surface area contributed by atoms with Gasteiger partial charge in [-0.1, -0.05) is 27.5 Å². The SMILES string of the molecule is CC(Br)C(=O)c1cc(SC(F)(F)F)ccc1Cl. The van der Waals surface area contributed by atoms with Crippen molar-refractivity contribution in [1.82, 2.24) is 0 Å². The average molecular weight is 348 g/mol. The van der Waals surface area contributed by atoms with E-state index in [0.717, 1.165) is 6.07 Å². The summed E-state index contributed by atoms with van der Waals surface area (Å²) in [6.45, 7) is 1.59. The number of Topliss-reactive ketones (excluding diaryl/α,β-unsaturated/α-hetero) is 1. The minimum Gasteiger partial charge on any atom is -0.293 e. The van der Waals surface area contributed by atoms with Gasteiger partial charge in [0.15, 0.2) is 5.78 Å². The highest BCUT2D eigenvalue weighted by atomic mass is 79.9. The first kappa shape index (κ1) is 14.9. The van der Waals surface area contributed by atoms with Gasteiger partial charge in [0.1, 0.15) is 0 Å². The van der Waals surface area contributed by atoms with Gasteiger partial charge in [-0.15, -0.1) is 0 Å². The lowest BCUT2D eigenvalue weighted by molar-refractivity contribution is -0.0328. The molecule has 0 fully saturated rings. The second kappa shape index (κ2) is 5.63. The Morgan fingerprint density at radius 3 is 2.53 bits per heavy atom. The predicted molar refractivity (Wildman–Crippen MR) is 66.1 cm³/mol. The van der Waals surface area contributed by atoms with Crippen molar-refractivity contribution in [3.63, 3.8) is 0 Å². The highest BCUT2D eigenvalue weighted by Gasteiger charge is 2.29. The summed E-state index contributed by atoms with van der Waals surface area (Å²) in [6, 6.07) is 3.68. The summed E-state index contributed by atoms with van der Waals surface area (Å²) < 4.78 is 36.5. The van der Waals surface area contributed by atoms with Gasteiger partial charge in [-0.2, -0.15) is 13.2 Å². The number of alkyl halides is 4. The Morgan fingerprint density at radius 1 is 1.47 bits per heavy atom. The second-order valence-corrected chi connectivity index (χ2v) is 6.09. The minimum atomic E-state index is -4.38. The van der Waals surface area contributed by atoms with Crippen LogP contribution in [0.1, 0.15) is 17.3 Å². The standard InChI is InChI=1S/C10H7BrClF3OS/c1-5(11)9(16)7-4-6(2-3-8(7)12)17-10(13,14)15/h2-5H,1H3. The molecule has 0 N–H and O–H groups in total. The minimum absolute atomic E-state index is 0.0570. The monoisotopic (exact) mass is 346 g/mol. The lowest BCUT2D eigenvalue weighted by Crippen LogP contribution is -2.11. The molecule has 0 spiro atoms. The molecule has 0 radical (unpaired) electrons. The van der Waals surface area contributed by atoms with E-state index >= 15 is 0 Å². The van der Waals surface area contributed by atoms with Crippen LogP contribution >= 0.6 is 39.3 Å². The molecule has 0 saturated heterocycles. The van der Waals surface area contributed by atoms with Crippen LogP contribution in [-0.4, -0.2) is 16.1 Å². The van der Waals surface area contributed by atoms with E-state index < -0.39 is 10.3 Å². The maximum atomic E-state index is 12.2. The highest BCUT2D eigenvalue weighted by Crippen LogP contribution is 2.38. The van der Waals surface area contributed by atoms with Gasteiger partial charge in [0, 0.05) is 10.5 Å². The first-order chi connectivity index (χ1) is 7.70. The zero-order valence-electron chi connectivity index (χ0n) is 8.52. The zero-order chi connectivity index (χ0) is 13.2. The smallest absolute Gasteiger partial charge is 0.293 e. The lowest BCUT2D eigenvalue weighted by atomic mass is 10.1. The molecule has 1 aromatic rings. The fraction of sp³-hybridized carbons (Fsp3) is 0.300. The van der Waals surface area contributed by atoms with Crippen molar-refractivity contribution in [2.24, 2.45) is 0 Å². The summed E-state index contributed by atoms with van der Waals surface area (Å²) in [4.78, 5) is 11.1. The van der Waals surface area contributed by atoms with E-state index in [9.17, 15) is 18.0 Å². The first-order valence-corrected chi connectivity index (χ1v) is 6.55. The Hall–Kier alpha value is -0.200. The second-order valence-electron chi connectivity index (χ2n) is 3.17. The van der Waals surface area contributed by atoms with Crippen LogP contribution in [0.15, 0.2) is 23.1 Å². The molecule has 1 unspecified atom stereocenters. The summed E-state index contributed by atoms with van der Waals surface area (Å²) in [7, 11) is 0. The molecular weight excluding hydrogens is 341 g/mol. The normalized spacial score (nSPS) is 13.5. The molecule has 1 nitrogen and oxygen atoms in total. The van der Waals surface area contributed by atoms with E-state index in [4.69, 9.17) is 11.6 Å². The van der Waals surface area contributed by atoms with Gasteiger partial charge in [-0.05, 0) is 36.9 Å². The van der Waals surface area contributed by atoms with Gasteiger partial charge in [-0.25, -0.2) is 0 Å². The molecule has 0 aromatic heterocycles. The molecule has 94 valence electrons. The van der Waals surface area contributed by atoms with Crippen LogP contribution in [0.5, 0.6) is 0 Å². The molecule has 7 heteroatoms. The largest absolute Gasteiger partial charge is 0.446 e. The zero-order valence-corrected chi connectivity index (χ0v) is 11.7. The highest BCUT2D eigenvalue weighted by molar-refractivity contribution is 9.10. The Labute approximate surface area is 114 Å². The third kappa shape index (κ3) is 4.52. The fourth-order valence-electron chi connectivity index (χ4n) is 1.10. The first-order valence-electron chi connectivity index (χ1n) is 4.44. The van der Waals surface area contributed by atoms with Crippen LogP contribution in [0.2, 0.25) is 5.02 Å². The van der Waals surface area contributed by atoms with E-state index in [1.54, 1.807) is 6.92 Å². The van der Waals surface area contributed by atoms with Crippen molar-refractivity contribution in [1.29, 1.82) is 0 Å². The number of benzene rings is 1. The Kier molecular flexibility index (Phi) is 4.92. The Bertz CT molecular complexity index is 434. The van der Waals surface area contributed by atoms with Crippen molar-refractivity contribution in [3.05, 3.63) is 28.8 Å². The summed E-state index contributed by atoms with van der Waals surface area (Å²) in [6.07, 6.45) is 0. The average Bonchev–Trinajstić information content (AvgIpc) is 2.17. The molecular formula is C10H7BrClF3OS. The van der Waals surface area contributed by atoms with Crippen LogP contribution in [0, 0.1) is 0 Å². The maximum absolute atomic E-state index is 12.2. The number of hydrogen-bond acceptors (Lipinski definition) is 2. The Morgan fingerprint density at radius 2 is 2.06 bits per heavy atom. The number of carbonyl (C=O) groups excluding carboxylic acids is 1. The summed E-state index contributed by atoms with van der Waals surface area (Å²) in [5.41, 5.74) is -4.29.